The molecule has 0 aromatic rings. The smallest absolute Gasteiger partial charge is 0.248 e. The molecule has 0 bridgehead atoms. The van der Waals surface area contributed by atoms with E-state index in [0.717, 1.165) is 19.4 Å². The van der Waals surface area contributed by atoms with Gasteiger partial charge in [-0.2, -0.15) is 0 Å². The summed E-state index contributed by atoms with van der Waals surface area (Å²) in [7, 11) is 0. The molecule has 0 aromatic heterocycles. The van der Waals surface area contributed by atoms with Gasteiger partial charge >= 0.3 is 0 Å². The number of hydrogen-bond acceptors (Lipinski definition) is 2. The van der Waals surface area contributed by atoms with Gasteiger partial charge in [0, 0.05) is 13.1 Å². The zero-order chi connectivity index (χ0) is 8.69. The summed E-state index contributed by atoms with van der Waals surface area (Å²) in [5.41, 5.74) is 2.85. The Morgan fingerprint density at radius 2 is 2.09 bits per heavy atom. The summed E-state index contributed by atoms with van der Waals surface area (Å²) in [6.45, 7) is 5.32. The van der Waals surface area contributed by atoms with Crippen molar-refractivity contribution < 1.29 is 8.76 Å². The predicted octanol–water partition coefficient (Wildman–Crippen LogP) is 0.750. The predicted molar refractivity (Wildman–Crippen MR) is 46.1 cm³/mol. The molecule has 0 aliphatic heterocycles. The fourth-order valence-corrected chi connectivity index (χ4v) is 1.19. The summed E-state index contributed by atoms with van der Waals surface area (Å²) >= 11 is -1.88. The molecule has 5 heteroatoms. The van der Waals surface area contributed by atoms with Crippen LogP contribution < -0.4 is 5.43 Å². The molecule has 1 unspecified atom stereocenters. The van der Waals surface area contributed by atoms with Crippen LogP contribution >= 0.6 is 0 Å². The third kappa shape index (κ3) is 5.32. The molecule has 0 saturated heterocycles. The molecule has 68 valence electrons. The van der Waals surface area contributed by atoms with Crippen molar-refractivity contribution in [2.24, 2.45) is 0 Å². The van der Waals surface area contributed by atoms with Crippen molar-refractivity contribution in [2.45, 2.75) is 26.7 Å². The Morgan fingerprint density at radius 1 is 1.45 bits per heavy atom. The fourth-order valence-electron chi connectivity index (χ4n) is 0.652. The lowest BCUT2D eigenvalue weighted by molar-refractivity contribution is 0.308. The monoisotopic (exact) mass is 180 g/mol. The van der Waals surface area contributed by atoms with E-state index in [-0.39, 0.29) is 0 Å². The average Bonchev–Trinajstić information content (AvgIpc) is 1.97. The van der Waals surface area contributed by atoms with Crippen LogP contribution in [0.1, 0.15) is 26.7 Å². The lowest BCUT2D eigenvalue weighted by Gasteiger charge is -2.16. The quantitative estimate of drug-likeness (QED) is 0.468. The van der Waals surface area contributed by atoms with E-state index in [2.05, 4.69) is 5.43 Å². The molecular formula is C6H16N2O2S. The maximum Gasteiger partial charge on any atom is 0.248 e. The van der Waals surface area contributed by atoms with Crippen molar-refractivity contribution in [2.75, 3.05) is 13.1 Å². The van der Waals surface area contributed by atoms with E-state index >= 15 is 0 Å². The highest BCUT2D eigenvalue weighted by Crippen LogP contribution is 1.89. The minimum atomic E-state index is -1.88. The summed E-state index contributed by atoms with van der Waals surface area (Å²) in [4.78, 5) is 0. The van der Waals surface area contributed by atoms with Crippen LogP contribution in [-0.2, 0) is 11.3 Å². The van der Waals surface area contributed by atoms with Crippen molar-refractivity contribution >= 4 is 11.3 Å². The minimum Gasteiger partial charge on any atom is -0.293 e. The van der Waals surface area contributed by atoms with E-state index in [0.29, 0.717) is 6.54 Å². The van der Waals surface area contributed by atoms with Crippen molar-refractivity contribution in [1.82, 2.24) is 9.84 Å². The Kier molecular flexibility index (Phi) is 6.74. The lowest BCUT2D eigenvalue weighted by Crippen LogP contribution is -2.40. The maximum absolute atomic E-state index is 10.6. The summed E-state index contributed by atoms with van der Waals surface area (Å²) in [6.07, 6.45) is 1.82. The molecule has 0 aromatic carbocycles. The molecule has 0 aliphatic rings. The largest absolute Gasteiger partial charge is 0.293 e. The van der Waals surface area contributed by atoms with E-state index in [4.69, 9.17) is 4.55 Å². The van der Waals surface area contributed by atoms with Gasteiger partial charge in [-0.15, -0.1) is 4.41 Å². The van der Waals surface area contributed by atoms with Crippen LogP contribution in [0.3, 0.4) is 0 Å². The van der Waals surface area contributed by atoms with Gasteiger partial charge in [-0.1, -0.05) is 13.8 Å². The summed E-state index contributed by atoms with van der Waals surface area (Å²) in [6, 6.07) is 0. The van der Waals surface area contributed by atoms with Crippen LogP contribution in [0.15, 0.2) is 0 Å². The first-order valence-corrected chi connectivity index (χ1v) is 4.90. The highest BCUT2D eigenvalue weighted by molar-refractivity contribution is 7.76. The average molecular weight is 180 g/mol. The van der Waals surface area contributed by atoms with Gasteiger partial charge in [-0.25, -0.2) is 9.63 Å². The second-order valence-electron chi connectivity index (χ2n) is 2.24. The van der Waals surface area contributed by atoms with E-state index in [9.17, 15) is 4.21 Å². The van der Waals surface area contributed by atoms with Gasteiger partial charge in [-0.05, 0) is 12.8 Å². The molecule has 0 aliphatic carbocycles. The van der Waals surface area contributed by atoms with E-state index in [1.54, 1.807) is 0 Å². The summed E-state index contributed by atoms with van der Waals surface area (Å²) in [5.74, 6) is 0. The highest BCUT2D eigenvalue weighted by Gasteiger charge is 2.06. The number of rotatable bonds is 6. The SMILES string of the molecule is CCCNN(CCC)S(=O)O. The van der Waals surface area contributed by atoms with Gasteiger partial charge in [0.15, 0.2) is 0 Å². The standard InChI is InChI=1S/C6H16N2O2S/c1-3-5-7-8(6-4-2)11(9)10/h7H,3-6H2,1-2H3,(H,9,10). The second kappa shape index (κ2) is 6.72. The third-order valence-electron chi connectivity index (χ3n) is 1.15. The van der Waals surface area contributed by atoms with Crippen molar-refractivity contribution in [1.29, 1.82) is 0 Å². The molecule has 11 heavy (non-hydrogen) atoms. The van der Waals surface area contributed by atoms with Crippen LogP contribution in [0, 0.1) is 0 Å². The number of nitrogens with one attached hydrogen (secondary N) is 1. The lowest BCUT2D eigenvalue weighted by atomic mass is 10.5. The van der Waals surface area contributed by atoms with Crippen molar-refractivity contribution in [3.05, 3.63) is 0 Å². The van der Waals surface area contributed by atoms with Crippen molar-refractivity contribution in [3.8, 4) is 0 Å². The molecule has 0 fully saturated rings. The van der Waals surface area contributed by atoms with Gasteiger partial charge in [0.25, 0.3) is 0 Å². The Morgan fingerprint density at radius 3 is 2.45 bits per heavy atom. The summed E-state index contributed by atoms with van der Waals surface area (Å²) < 4.78 is 20.6. The topological polar surface area (TPSA) is 52.6 Å². The molecule has 0 heterocycles. The molecule has 0 rings (SSSR count). The molecule has 0 saturated carbocycles. The van der Waals surface area contributed by atoms with Crippen LogP contribution in [0.5, 0.6) is 0 Å². The third-order valence-corrected chi connectivity index (χ3v) is 1.84. The van der Waals surface area contributed by atoms with Crippen LogP contribution in [-0.4, -0.2) is 26.3 Å². The van der Waals surface area contributed by atoms with Crippen LogP contribution in [0.2, 0.25) is 0 Å². The molecule has 0 radical (unpaired) electrons. The Hall–Kier alpha value is 0.0300. The first-order valence-electron chi connectivity index (χ1n) is 3.84. The Balaban J connectivity index is 3.60. The minimum absolute atomic E-state index is 0.600. The highest BCUT2D eigenvalue weighted by atomic mass is 32.2. The Labute approximate surface area is 70.4 Å². The van der Waals surface area contributed by atoms with Crippen molar-refractivity contribution in [3.63, 3.8) is 0 Å². The molecule has 2 N–H and O–H groups in total. The normalized spacial score (nSPS) is 13.8. The van der Waals surface area contributed by atoms with Gasteiger partial charge in [-0.3, -0.25) is 4.55 Å². The molecule has 1 atom stereocenters. The van der Waals surface area contributed by atoms with E-state index < -0.39 is 11.3 Å². The molecule has 4 nitrogen and oxygen atoms in total. The van der Waals surface area contributed by atoms with Crippen LogP contribution in [0.4, 0.5) is 0 Å². The summed E-state index contributed by atoms with van der Waals surface area (Å²) in [5, 5.41) is 0. The van der Waals surface area contributed by atoms with Gasteiger partial charge in [0.05, 0.1) is 0 Å². The van der Waals surface area contributed by atoms with Crippen LogP contribution in [0.25, 0.3) is 0 Å². The molecule has 0 amide bonds. The number of hydrogen-bond donors (Lipinski definition) is 2. The van der Waals surface area contributed by atoms with Gasteiger partial charge < -0.3 is 0 Å². The van der Waals surface area contributed by atoms with Gasteiger partial charge in [0.1, 0.15) is 0 Å². The molecular weight excluding hydrogens is 164 g/mol. The second-order valence-corrected chi connectivity index (χ2v) is 3.14. The number of nitrogens with zero attached hydrogens (tertiary/aromatic N) is 1. The number of hydrazine groups is 1. The first-order chi connectivity index (χ1) is 5.22. The zero-order valence-electron chi connectivity index (χ0n) is 7.04. The first kappa shape index (κ1) is 11.0. The molecule has 0 spiro atoms. The Bertz CT molecular complexity index is 121. The maximum atomic E-state index is 10.6. The van der Waals surface area contributed by atoms with E-state index in [1.807, 2.05) is 13.8 Å². The van der Waals surface area contributed by atoms with Gasteiger partial charge in [0.2, 0.25) is 11.3 Å². The fraction of sp³-hybridized carbons (Fsp3) is 1.00. The van der Waals surface area contributed by atoms with E-state index in [1.165, 1.54) is 4.41 Å². The zero-order valence-corrected chi connectivity index (χ0v) is 7.86.